The predicted octanol–water partition coefficient (Wildman–Crippen LogP) is 3.55. The second kappa shape index (κ2) is 8.05. The summed E-state index contributed by atoms with van der Waals surface area (Å²) in [6.45, 7) is 10.1. The number of ether oxygens (including phenoxy) is 1. The Morgan fingerprint density at radius 1 is 1.35 bits per heavy atom. The fraction of sp³-hybridized carbons (Fsp3) is 0.588. The van der Waals surface area contributed by atoms with Gasteiger partial charge in [-0.2, -0.15) is 0 Å². The lowest BCUT2D eigenvalue weighted by Gasteiger charge is -2.17. The SMILES string of the molecule is C=C1C(=O)O[C@@H]2/C=C(\C)CC/C=C(\C)CC[C@@H]12.CCO. The summed E-state index contributed by atoms with van der Waals surface area (Å²) >= 11 is 0. The average Bonchev–Trinajstić information content (AvgIpc) is 2.63. The van der Waals surface area contributed by atoms with Crippen LogP contribution in [0.4, 0.5) is 0 Å². The van der Waals surface area contributed by atoms with Crippen molar-refractivity contribution < 1.29 is 14.6 Å². The van der Waals surface area contributed by atoms with Crippen LogP contribution in [0.5, 0.6) is 0 Å². The Labute approximate surface area is 122 Å². The summed E-state index contributed by atoms with van der Waals surface area (Å²) in [6.07, 6.45) is 8.45. The minimum atomic E-state index is -0.218. The van der Waals surface area contributed by atoms with Gasteiger partial charge in [0, 0.05) is 18.1 Å². The van der Waals surface area contributed by atoms with Gasteiger partial charge >= 0.3 is 5.97 Å². The van der Waals surface area contributed by atoms with Gasteiger partial charge in [-0.3, -0.25) is 0 Å². The van der Waals surface area contributed by atoms with E-state index in [-0.39, 0.29) is 24.6 Å². The molecule has 1 heterocycles. The number of carbonyl (C=O) groups is 1. The van der Waals surface area contributed by atoms with Crippen LogP contribution < -0.4 is 0 Å². The van der Waals surface area contributed by atoms with Gasteiger partial charge in [0.05, 0.1) is 0 Å². The van der Waals surface area contributed by atoms with Crippen LogP contribution in [0.3, 0.4) is 0 Å². The van der Waals surface area contributed by atoms with Crippen molar-refractivity contribution in [3.63, 3.8) is 0 Å². The van der Waals surface area contributed by atoms with Gasteiger partial charge in [0.2, 0.25) is 0 Å². The highest BCUT2D eigenvalue weighted by Gasteiger charge is 2.36. The Hall–Kier alpha value is -1.35. The molecule has 0 aromatic rings. The molecule has 3 nitrogen and oxygen atoms in total. The van der Waals surface area contributed by atoms with E-state index in [4.69, 9.17) is 9.84 Å². The quantitative estimate of drug-likeness (QED) is 0.419. The minimum absolute atomic E-state index is 0.0825. The number of aliphatic hydroxyl groups is 1. The zero-order chi connectivity index (χ0) is 15.1. The summed E-state index contributed by atoms with van der Waals surface area (Å²) < 4.78 is 5.38. The van der Waals surface area contributed by atoms with Crippen LogP contribution in [-0.2, 0) is 9.53 Å². The normalized spacial score (nSPS) is 31.8. The number of allylic oxidation sites excluding steroid dienone is 3. The molecule has 2 rings (SSSR count). The number of fused-ring (bicyclic) bond motifs is 1. The van der Waals surface area contributed by atoms with E-state index < -0.39 is 0 Å². The van der Waals surface area contributed by atoms with Crippen LogP contribution in [0.2, 0.25) is 0 Å². The summed E-state index contributed by atoms with van der Waals surface area (Å²) in [5.74, 6) is -0.0520. The van der Waals surface area contributed by atoms with Crippen molar-refractivity contribution in [3.05, 3.63) is 35.5 Å². The van der Waals surface area contributed by atoms with E-state index >= 15 is 0 Å². The first-order chi connectivity index (χ1) is 9.49. The zero-order valence-electron chi connectivity index (χ0n) is 12.8. The van der Waals surface area contributed by atoms with Gasteiger partial charge in [-0.1, -0.05) is 23.8 Å². The summed E-state index contributed by atoms with van der Waals surface area (Å²) in [5.41, 5.74) is 3.35. The number of aliphatic hydroxyl groups excluding tert-OH is 1. The number of carbonyl (C=O) groups excluding carboxylic acids is 1. The van der Waals surface area contributed by atoms with Gasteiger partial charge in [-0.25, -0.2) is 4.79 Å². The summed E-state index contributed by atoms with van der Waals surface area (Å²) in [6, 6.07) is 0. The van der Waals surface area contributed by atoms with Crippen LogP contribution in [0.25, 0.3) is 0 Å². The lowest BCUT2D eigenvalue weighted by Crippen LogP contribution is -2.15. The van der Waals surface area contributed by atoms with Crippen molar-refractivity contribution in [3.8, 4) is 0 Å². The molecule has 2 atom stereocenters. The van der Waals surface area contributed by atoms with E-state index in [1.807, 2.05) is 0 Å². The molecule has 0 bridgehead atoms. The molecule has 1 N–H and O–H groups in total. The van der Waals surface area contributed by atoms with Crippen molar-refractivity contribution >= 4 is 5.97 Å². The standard InChI is InChI=1S/C15H20O2.C2H6O/c1-10-5-4-6-11(2)9-14-13(8-7-10)12(3)15(16)17-14;1-2-3/h5,9,13-14H,3-4,6-8H2,1-2H3;3H,2H2,1H3/b10-5+,11-9+;/t13-,14+;/m0./s1. The van der Waals surface area contributed by atoms with E-state index in [1.54, 1.807) is 6.92 Å². The molecule has 0 unspecified atom stereocenters. The molecule has 3 heteroatoms. The van der Waals surface area contributed by atoms with E-state index in [2.05, 4.69) is 32.6 Å². The van der Waals surface area contributed by atoms with Gasteiger partial charge in [-0.15, -0.1) is 0 Å². The molecule has 0 radical (unpaired) electrons. The maximum Gasteiger partial charge on any atom is 0.334 e. The molecule has 112 valence electrons. The van der Waals surface area contributed by atoms with E-state index in [0.717, 1.165) is 25.7 Å². The minimum Gasteiger partial charge on any atom is -0.454 e. The van der Waals surface area contributed by atoms with Crippen molar-refractivity contribution in [2.75, 3.05) is 6.61 Å². The lowest BCUT2D eigenvalue weighted by molar-refractivity contribution is -0.137. The van der Waals surface area contributed by atoms with E-state index in [9.17, 15) is 4.79 Å². The molecule has 0 aromatic heterocycles. The summed E-state index contributed by atoms with van der Waals surface area (Å²) in [5, 5.41) is 7.57. The molecular formula is C17H26O3. The first-order valence-corrected chi connectivity index (χ1v) is 7.33. The number of hydrogen-bond acceptors (Lipinski definition) is 3. The molecule has 20 heavy (non-hydrogen) atoms. The maximum atomic E-state index is 11.6. The molecule has 2 aliphatic rings. The topological polar surface area (TPSA) is 46.5 Å². The Kier molecular flexibility index (Phi) is 6.73. The van der Waals surface area contributed by atoms with Crippen molar-refractivity contribution in [1.29, 1.82) is 0 Å². The van der Waals surface area contributed by atoms with E-state index in [0.29, 0.717) is 5.57 Å². The van der Waals surface area contributed by atoms with Gasteiger partial charge in [0.1, 0.15) is 6.10 Å². The number of esters is 1. The highest BCUT2D eigenvalue weighted by atomic mass is 16.5. The van der Waals surface area contributed by atoms with Crippen LogP contribution in [-0.4, -0.2) is 23.8 Å². The van der Waals surface area contributed by atoms with Crippen LogP contribution in [0.15, 0.2) is 35.5 Å². The smallest absolute Gasteiger partial charge is 0.334 e. The zero-order valence-corrected chi connectivity index (χ0v) is 12.8. The summed E-state index contributed by atoms with van der Waals surface area (Å²) in [7, 11) is 0. The molecular weight excluding hydrogens is 252 g/mol. The second-order valence-electron chi connectivity index (χ2n) is 5.46. The Balaban J connectivity index is 0.000000612. The Bertz CT molecular complexity index is 418. The van der Waals surface area contributed by atoms with Crippen molar-refractivity contribution in [2.24, 2.45) is 5.92 Å². The van der Waals surface area contributed by atoms with Crippen molar-refractivity contribution in [2.45, 2.75) is 52.6 Å². The molecule has 1 saturated heterocycles. The number of hydrogen-bond donors (Lipinski definition) is 1. The first-order valence-electron chi connectivity index (χ1n) is 7.33. The molecule has 1 aliphatic carbocycles. The molecule has 0 spiro atoms. The predicted molar refractivity (Wildman–Crippen MR) is 81.3 cm³/mol. The average molecular weight is 278 g/mol. The largest absolute Gasteiger partial charge is 0.454 e. The molecule has 0 amide bonds. The second-order valence-corrected chi connectivity index (χ2v) is 5.46. The molecule has 0 saturated carbocycles. The van der Waals surface area contributed by atoms with Gasteiger partial charge < -0.3 is 9.84 Å². The molecule has 1 aliphatic heterocycles. The third-order valence-electron chi connectivity index (χ3n) is 3.68. The molecule has 1 fully saturated rings. The Morgan fingerprint density at radius 3 is 2.65 bits per heavy atom. The van der Waals surface area contributed by atoms with Gasteiger partial charge in [0.25, 0.3) is 0 Å². The lowest BCUT2D eigenvalue weighted by atomic mass is 9.88. The van der Waals surface area contributed by atoms with Crippen LogP contribution >= 0.6 is 0 Å². The fourth-order valence-corrected chi connectivity index (χ4v) is 2.51. The fourth-order valence-electron chi connectivity index (χ4n) is 2.51. The highest BCUT2D eigenvalue weighted by Crippen LogP contribution is 2.33. The highest BCUT2D eigenvalue weighted by molar-refractivity contribution is 5.91. The van der Waals surface area contributed by atoms with E-state index in [1.165, 1.54) is 11.1 Å². The number of rotatable bonds is 0. The van der Waals surface area contributed by atoms with Crippen molar-refractivity contribution in [1.82, 2.24) is 0 Å². The van der Waals surface area contributed by atoms with Crippen LogP contribution in [0.1, 0.15) is 46.5 Å². The molecule has 0 aromatic carbocycles. The Morgan fingerprint density at radius 2 is 2.00 bits per heavy atom. The third-order valence-corrected chi connectivity index (χ3v) is 3.68. The first kappa shape index (κ1) is 16.7. The summed E-state index contributed by atoms with van der Waals surface area (Å²) in [4.78, 5) is 11.6. The maximum absolute atomic E-state index is 11.6. The van der Waals surface area contributed by atoms with Gasteiger partial charge in [0.15, 0.2) is 0 Å². The monoisotopic (exact) mass is 278 g/mol. The van der Waals surface area contributed by atoms with Gasteiger partial charge in [-0.05, 0) is 52.5 Å². The van der Waals surface area contributed by atoms with Crippen LogP contribution in [0, 0.1) is 5.92 Å². The third kappa shape index (κ3) is 4.64.